The maximum absolute atomic E-state index is 12.6. The van der Waals surface area contributed by atoms with Crippen LogP contribution >= 0.6 is 22.9 Å². The predicted octanol–water partition coefficient (Wildman–Crippen LogP) is 4.54. The molecule has 28 heavy (non-hydrogen) atoms. The second-order valence-corrected chi connectivity index (χ2v) is 7.47. The standard InChI is InChI=1S/C20H16ClN5OS/c1-13(14-5-7-17(8-6-14)26-12-22-11-23-26)24-19(27)18-10-28-20(25-18)15-3-2-4-16(21)9-15/h2-13H,1H3,(H,24,27). The lowest BCUT2D eigenvalue weighted by atomic mass is 10.1. The van der Waals surface area contributed by atoms with Gasteiger partial charge >= 0.3 is 0 Å². The van der Waals surface area contributed by atoms with Gasteiger partial charge in [0.25, 0.3) is 5.91 Å². The first-order valence-electron chi connectivity index (χ1n) is 8.57. The fourth-order valence-corrected chi connectivity index (χ4v) is 3.73. The van der Waals surface area contributed by atoms with Gasteiger partial charge in [0.1, 0.15) is 23.4 Å². The summed E-state index contributed by atoms with van der Waals surface area (Å²) in [5, 5.41) is 10.2. The van der Waals surface area contributed by atoms with Gasteiger partial charge in [-0.3, -0.25) is 4.79 Å². The van der Waals surface area contributed by atoms with Crippen LogP contribution in [0.5, 0.6) is 0 Å². The van der Waals surface area contributed by atoms with Crippen molar-refractivity contribution in [1.82, 2.24) is 25.1 Å². The van der Waals surface area contributed by atoms with E-state index in [1.165, 1.54) is 17.7 Å². The number of nitrogens with zero attached hydrogens (tertiary/aromatic N) is 4. The second-order valence-electron chi connectivity index (χ2n) is 6.17. The molecule has 0 aliphatic carbocycles. The average molecular weight is 410 g/mol. The molecule has 0 fully saturated rings. The third-order valence-corrected chi connectivity index (χ3v) is 5.36. The zero-order valence-electron chi connectivity index (χ0n) is 14.9. The highest BCUT2D eigenvalue weighted by atomic mass is 35.5. The summed E-state index contributed by atoms with van der Waals surface area (Å²) in [4.78, 5) is 21.0. The molecule has 0 saturated carbocycles. The molecule has 2 aromatic heterocycles. The molecule has 1 unspecified atom stereocenters. The Morgan fingerprint density at radius 3 is 2.75 bits per heavy atom. The molecule has 0 aliphatic rings. The quantitative estimate of drug-likeness (QED) is 0.525. The molecule has 8 heteroatoms. The van der Waals surface area contributed by atoms with Gasteiger partial charge in [-0.05, 0) is 36.8 Å². The summed E-state index contributed by atoms with van der Waals surface area (Å²) in [6.45, 7) is 1.94. The number of carbonyl (C=O) groups is 1. The topological polar surface area (TPSA) is 72.7 Å². The number of carbonyl (C=O) groups excluding carboxylic acids is 1. The van der Waals surface area contributed by atoms with Crippen LogP contribution in [0.25, 0.3) is 16.3 Å². The van der Waals surface area contributed by atoms with E-state index in [1.807, 2.05) is 55.5 Å². The molecule has 4 rings (SSSR count). The fourth-order valence-electron chi connectivity index (χ4n) is 2.74. The molecular formula is C20H16ClN5OS. The molecule has 2 aromatic carbocycles. The summed E-state index contributed by atoms with van der Waals surface area (Å²) < 4.78 is 1.68. The number of nitrogens with one attached hydrogen (secondary N) is 1. The molecule has 4 aromatic rings. The van der Waals surface area contributed by atoms with Crippen molar-refractivity contribution >= 4 is 28.8 Å². The lowest BCUT2D eigenvalue weighted by molar-refractivity contribution is 0.0935. The normalized spacial score (nSPS) is 11.9. The average Bonchev–Trinajstić information content (AvgIpc) is 3.40. The second kappa shape index (κ2) is 7.92. The van der Waals surface area contributed by atoms with E-state index in [9.17, 15) is 4.79 Å². The number of hydrogen-bond donors (Lipinski definition) is 1. The van der Waals surface area contributed by atoms with Crippen molar-refractivity contribution in [1.29, 1.82) is 0 Å². The highest BCUT2D eigenvalue weighted by Crippen LogP contribution is 2.26. The van der Waals surface area contributed by atoms with Crippen molar-refractivity contribution in [2.45, 2.75) is 13.0 Å². The first-order chi connectivity index (χ1) is 13.6. The molecule has 140 valence electrons. The van der Waals surface area contributed by atoms with E-state index in [2.05, 4.69) is 20.4 Å². The Hall–Kier alpha value is -3.03. The van der Waals surface area contributed by atoms with E-state index in [4.69, 9.17) is 11.6 Å². The monoisotopic (exact) mass is 409 g/mol. The van der Waals surface area contributed by atoms with E-state index < -0.39 is 0 Å². The van der Waals surface area contributed by atoms with Crippen molar-refractivity contribution in [2.75, 3.05) is 0 Å². The Labute approximate surface area is 170 Å². The van der Waals surface area contributed by atoms with Crippen LogP contribution < -0.4 is 5.32 Å². The number of rotatable bonds is 5. The number of hydrogen-bond acceptors (Lipinski definition) is 5. The molecule has 0 saturated heterocycles. The molecule has 1 N–H and O–H groups in total. The maximum atomic E-state index is 12.6. The van der Waals surface area contributed by atoms with Crippen molar-refractivity contribution in [3.8, 4) is 16.3 Å². The van der Waals surface area contributed by atoms with Crippen LogP contribution in [0.3, 0.4) is 0 Å². The highest BCUT2D eigenvalue weighted by Gasteiger charge is 2.15. The Morgan fingerprint density at radius 2 is 2.04 bits per heavy atom. The lowest BCUT2D eigenvalue weighted by Crippen LogP contribution is -2.26. The fraction of sp³-hybridized carbons (Fsp3) is 0.100. The Kier molecular flexibility index (Phi) is 5.18. The van der Waals surface area contributed by atoms with Gasteiger partial charge in [0, 0.05) is 16.0 Å². The molecule has 0 radical (unpaired) electrons. The molecule has 0 aliphatic heterocycles. The van der Waals surface area contributed by atoms with Crippen LogP contribution in [0.4, 0.5) is 0 Å². The Bertz CT molecular complexity index is 1090. The SMILES string of the molecule is CC(NC(=O)c1csc(-c2cccc(Cl)c2)n1)c1ccc(-n2cncn2)cc1. The van der Waals surface area contributed by atoms with Gasteiger partial charge in [-0.1, -0.05) is 35.9 Å². The van der Waals surface area contributed by atoms with Crippen molar-refractivity contribution in [3.63, 3.8) is 0 Å². The van der Waals surface area contributed by atoms with Gasteiger partial charge in [0.15, 0.2) is 0 Å². The van der Waals surface area contributed by atoms with E-state index >= 15 is 0 Å². The third kappa shape index (κ3) is 3.95. The highest BCUT2D eigenvalue weighted by molar-refractivity contribution is 7.13. The zero-order valence-corrected chi connectivity index (χ0v) is 16.5. The summed E-state index contributed by atoms with van der Waals surface area (Å²) in [5.41, 5.74) is 3.19. The Morgan fingerprint density at radius 1 is 1.21 bits per heavy atom. The summed E-state index contributed by atoms with van der Waals surface area (Å²) in [7, 11) is 0. The smallest absolute Gasteiger partial charge is 0.271 e. The van der Waals surface area contributed by atoms with E-state index in [1.54, 1.807) is 16.4 Å². The van der Waals surface area contributed by atoms with Crippen molar-refractivity contribution in [3.05, 3.63) is 82.8 Å². The minimum atomic E-state index is -0.211. The van der Waals surface area contributed by atoms with Gasteiger partial charge in [-0.2, -0.15) is 5.10 Å². The van der Waals surface area contributed by atoms with Crippen LogP contribution in [-0.4, -0.2) is 25.7 Å². The first kappa shape index (κ1) is 18.3. The van der Waals surface area contributed by atoms with E-state index in [0.717, 1.165) is 21.8 Å². The molecule has 0 spiro atoms. The summed E-state index contributed by atoms with van der Waals surface area (Å²) in [6.07, 6.45) is 3.13. The zero-order chi connectivity index (χ0) is 19.5. The number of aromatic nitrogens is 4. The van der Waals surface area contributed by atoms with Gasteiger partial charge in [0.2, 0.25) is 0 Å². The van der Waals surface area contributed by atoms with Crippen LogP contribution in [0.15, 0.2) is 66.6 Å². The minimum absolute atomic E-state index is 0.159. The first-order valence-corrected chi connectivity index (χ1v) is 9.83. The number of benzene rings is 2. The summed E-state index contributed by atoms with van der Waals surface area (Å²) in [6, 6.07) is 15.1. The van der Waals surface area contributed by atoms with E-state index in [0.29, 0.717) is 10.7 Å². The lowest BCUT2D eigenvalue weighted by Gasteiger charge is -2.14. The third-order valence-electron chi connectivity index (χ3n) is 4.23. The van der Waals surface area contributed by atoms with Crippen LogP contribution in [0, 0.1) is 0 Å². The van der Waals surface area contributed by atoms with Gasteiger partial charge < -0.3 is 5.32 Å². The van der Waals surface area contributed by atoms with E-state index in [-0.39, 0.29) is 11.9 Å². The molecule has 1 amide bonds. The molecule has 2 heterocycles. The van der Waals surface area contributed by atoms with Crippen molar-refractivity contribution < 1.29 is 4.79 Å². The van der Waals surface area contributed by atoms with Crippen molar-refractivity contribution in [2.24, 2.45) is 0 Å². The van der Waals surface area contributed by atoms with Gasteiger partial charge in [-0.15, -0.1) is 11.3 Å². The number of thiazole rings is 1. The predicted molar refractivity (Wildman–Crippen MR) is 110 cm³/mol. The number of amides is 1. The maximum Gasteiger partial charge on any atom is 0.271 e. The number of halogens is 1. The minimum Gasteiger partial charge on any atom is -0.344 e. The Balaban J connectivity index is 1.45. The molecule has 1 atom stereocenters. The van der Waals surface area contributed by atoms with Crippen LogP contribution in [0.2, 0.25) is 5.02 Å². The van der Waals surface area contributed by atoms with Crippen LogP contribution in [-0.2, 0) is 0 Å². The molecule has 6 nitrogen and oxygen atoms in total. The van der Waals surface area contributed by atoms with Crippen LogP contribution in [0.1, 0.15) is 29.0 Å². The van der Waals surface area contributed by atoms with Gasteiger partial charge in [-0.25, -0.2) is 14.6 Å². The van der Waals surface area contributed by atoms with Gasteiger partial charge in [0.05, 0.1) is 11.7 Å². The summed E-state index contributed by atoms with van der Waals surface area (Å²) >= 11 is 7.45. The molecule has 0 bridgehead atoms. The largest absolute Gasteiger partial charge is 0.344 e. The summed E-state index contributed by atoms with van der Waals surface area (Å²) in [5.74, 6) is -0.211. The molecular weight excluding hydrogens is 394 g/mol.